The molecule has 1 aromatic heterocycles. The zero-order valence-electron chi connectivity index (χ0n) is 11.1. The van der Waals surface area contributed by atoms with Gasteiger partial charge in [-0.15, -0.1) is 0 Å². The molecule has 2 rings (SSSR count). The molecule has 0 spiro atoms. The number of aromatic amines is 1. The molecule has 8 heteroatoms. The number of anilines is 1. The first-order valence-electron chi connectivity index (χ1n) is 5.91. The Bertz CT molecular complexity index is 712. The Morgan fingerprint density at radius 2 is 2.15 bits per heavy atom. The SMILES string of the molecule is CNCc1n[nH]c(C)c1S(=O)(=O)Nc1cccc(Cl)c1. The zero-order chi connectivity index (χ0) is 14.8. The van der Waals surface area contributed by atoms with Crippen LogP contribution in [-0.2, 0) is 16.6 Å². The number of sulfonamides is 1. The Morgan fingerprint density at radius 3 is 2.80 bits per heavy atom. The molecule has 0 aliphatic rings. The zero-order valence-corrected chi connectivity index (χ0v) is 12.6. The Hall–Kier alpha value is -1.57. The maximum absolute atomic E-state index is 12.4. The number of nitrogens with one attached hydrogen (secondary N) is 3. The lowest BCUT2D eigenvalue weighted by atomic mass is 10.3. The van der Waals surface area contributed by atoms with E-state index in [0.29, 0.717) is 28.6 Å². The van der Waals surface area contributed by atoms with Crippen LogP contribution in [-0.4, -0.2) is 25.7 Å². The topological polar surface area (TPSA) is 86.9 Å². The highest BCUT2D eigenvalue weighted by Gasteiger charge is 2.24. The molecule has 2 aromatic rings. The summed E-state index contributed by atoms with van der Waals surface area (Å²) in [5.74, 6) is 0. The van der Waals surface area contributed by atoms with Crippen molar-refractivity contribution in [3.05, 3.63) is 40.7 Å². The largest absolute Gasteiger partial charge is 0.314 e. The van der Waals surface area contributed by atoms with Gasteiger partial charge >= 0.3 is 0 Å². The number of H-pyrrole nitrogens is 1. The number of hydrogen-bond acceptors (Lipinski definition) is 4. The maximum atomic E-state index is 12.4. The second kappa shape index (κ2) is 5.82. The van der Waals surface area contributed by atoms with Gasteiger partial charge in [-0.3, -0.25) is 9.82 Å². The van der Waals surface area contributed by atoms with Crippen LogP contribution in [0.1, 0.15) is 11.4 Å². The van der Waals surface area contributed by atoms with Crippen LogP contribution in [0, 0.1) is 6.92 Å². The molecule has 6 nitrogen and oxygen atoms in total. The van der Waals surface area contributed by atoms with Crippen LogP contribution < -0.4 is 10.0 Å². The summed E-state index contributed by atoms with van der Waals surface area (Å²) in [6.45, 7) is 2.02. The molecule has 0 fully saturated rings. The van der Waals surface area contributed by atoms with E-state index in [1.165, 1.54) is 0 Å². The van der Waals surface area contributed by atoms with Crippen LogP contribution in [0.15, 0.2) is 29.2 Å². The summed E-state index contributed by atoms with van der Waals surface area (Å²) in [5, 5.41) is 10.0. The molecule has 0 atom stereocenters. The van der Waals surface area contributed by atoms with Gasteiger partial charge in [0.25, 0.3) is 10.0 Å². The van der Waals surface area contributed by atoms with Crippen LogP contribution in [0.2, 0.25) is 5.02 Å². The number of rotatable bonds is 5. The average molecular weight is 315 g/mol. The van der Waals surface area contributed by atoms with Crippen molar-refractivity contribution in [2.75, 3.05) is 11.8 Å². The van der Waals surface area contributed by atoms with E-state index in [2.05, 4.69) is 20.2 Å². The highest BCUT2D eigenvalue weighted by molar-refractivity contribution is 7.92. The van der Waals surface area contributed by atoms with Crippen molar-refractivity contribution in [2.24, 2.45) is 0 Å². The Morgan fingerprint density at radius 1 is 1.40 bits per heavy atom. The third-order valence-corrected chi connectivity index (χ3v) is 4.47. The number of nitrogens with zero attached hydrogens (tertiary/aromatic N) is 1. The van der Waals surface area contributed by atoms with Crippen molar-refractivity contribution in [3.63, 3.8) is 0 Å². The molecule has 3 N–H and O–H groups in total. The predicted octanol–water partition coefficient (Wildman–Crippen LogP) is 1.89. The molecule has 108 valence electrons. The predicted molar refractivity (Wildman–Crippen MR) is 78.3 cm³/mol. The summed E-state index contributed by atoms with van der Waals surface area (Å²) in [7, 11) is -1.99. The first-order valence-corrected chi connectivity index (χ1v) is 7.77. The summed E-state index contributed by atoms with van der Waals surface area (Å²) in [5.41, 5.74) is 1.35. The monoisotopic (exact) mass is 314 g/mol. The van der Waals surface area contributed by atoms with Crippen molar-refractivity contribution in [2.45, 2.75) is 18.4 Å². The molecule has 1 aromatic carbocycles. The van der Waals surface area contributed by atoms with Gasteiger partial charge in [-0.25, -0.2) is 8.42 Å². The fourth-order valence-electron chi connectivity index (χ4n) is 1.87. The molecule has 0 bridgehead atoms. The van der Waals surface area contributed by atoms with E-state index in [9.17, 15) is 8.42 Å². The number of halogens is 1. The van der Waals surface area contributed by atoms with Gasteiger partial charge in [0.05, 0.1) is 17.1 Å². The summed E-state index contributed by atoms with van der Waals surface area (Å²) < 4.78 is 27.4. The summed E-state index contributed by atoms with van der Waals surface area (Å²) in [6, 6.07) is 6.54. The fraction of sp³-hybridized carbons (Fsp3) is 0.250. The minimum Gasteiger partial charge on any atom is -0.314 e. The van der Waals surface area contributed by atoms with E-state index in [4.69, 9.17) is 11.6 Å². The lowest BCUT2D eigenvalue weighted by Crippen LogP contribution is -2.17. The second-order valence-corrected chi connectivity index (χ2v) is 6.33. The number of aryl methyl sites for hydroxylation is 1. The van der Waals surface area contributed by atoms with Gasteiger partial charge < -0.3 is 5.32 Å². The van der Waals surface area contributed by atoms with Crippen molar-refractivity contribution in [3.8, 4) is 0 Å². The first-order chi connectivity index (χ1) is 9.44. The second-order valence-electron chi connectivity index (χ2n) is 4.27. The van der Waals surface area contributed by atoms with E-state index < -0.39 is 10.0 Å². The minimum atomic E-state index is -3.71. The van der Waals surface area contributed by atoms with E-state index >= 15 is 0 Å². The van der Waals surface area contributed by atoms with Gasteiger partial charge in [-0.1, -0.05) is 17.7 Å². The molecule has 0 saturated carbocycles. The van der Waals surface area contributed by atoms with Gasteiger partial charge in [0, 0.05) is 11.6 Å². The van der Waals surface area contributed by atoms with Crippen molar-refractivity contribution in [1.82, 2.24) is 15.5 Å². The molecule has 0 aliphatic carbocycles. The molecule has 1 heterocycles. The maximum Gasteiger partial charge on any atom is 0.265 e. The molecule has 0 aliphatic heterocycles. The van der Waals surface area contributed by atoms with Crippen LogP contribution in [0.5, 0.6) is 0 Å². The van der Waals surface area contributed by atoms with E-state index in [-0.39, 0.29) is 4.90 Å². The molecular weight excluding hydrogens is 300 g/mol. The normalized spacial score (nSPS) is 11.6. The number of benzene rings is 1. The summed E-state index contributed by atoms with van der Waals surface area (Å²) >= 11 is 5.85. The van der Waals surface area contributed by atoms with Crippen molar-refractivity contribution >= 4 is 27.3 Å². The molecule has 0 amide bonds. The number of hydrogen-bond donors (Lipinski definition) is 3. The molecule has 0 saturated heterocycles. The lowest BCUT2D eigenvalue weighted by molar-refractivity contribution is 0.598. The third-order valence-electron chi connectivity index (χ3n) is 2.65. The van der Waals surface area contributed by atoms with Gasteiger partial charge in [0.15, 0.2) is 0 Å². The third kappa shape index (κ3) is 3.12. The smallest absolute Gasteiger partial charge is 0.265 e. The highest BCUT2D eigenvalue weighted by atomic mass is 35.5. The van der Waals surface area contributed by atoms with E-state index in [1.807, 2.05) is 0 Å². The van der Waals surface area contributed by atoms with Gasteiger partial charge in [-0.2, -0.15) is 5.10 Å². The molecule has 20 heavy (non-hydrogen) atoms. The van der Waals surface area contributed by atoms with Gasteiger partial charge in [-0.05, 0) is 32.2 Å². The quantitative estimate of drug-likeness (QED) is 0.786. The molecule has 0 radical (unpaired) electrons. The Kier molecular flexibility index (Phi) is 4.32. The Labute approximate surface area is 122 Å². The standard InChI is InChI=1S/C12H15ClN4O2S/c1-8-12(11(7-14-2)16-15-8)20(18,19)17-10-5-3-4-9(13)6-10/h3-6,14,17H,7H2,1-2H3,(H,15,16). The van der Waals surface area contributed by atoms with Crippen LogP contribution in [0.4, 0.5) is 5.69 Å². The number of aromatic nitrogens is 2. The first kappa shape index (κ1) is 14.8. The van der Waals surface area contributed by atoms with Crippen molar-refractivity contribution in [1.29, 1.82) is 0 Å². The minimum absolute atomic E-state index is 0.159. The summed E-state index contributed by atoms with van der Waals surface area (Å²) in [6.07, 6.45) is 0. The van der Waals surface area contributed by atoms with Crippen LogP contribution in [0.25, 0.3) is 0 Å². The van der Waals surface area contributed by atoms with Gasteiger partial charge in [0.1, 0.15) is 4.90 Å². The lowest BCUT2D eigenvalue weighted by Gasteiger charge is -2.09. The molecule has 0 unspecified atom stereocenters. The Balaban J connectivity index is 2.38. The average Bonchev–Trinajstić information content (AvgIpc) is 2.71. The van der Waals surface area contributed by atoms with Crippen LogP contribution >= 0.6 is 11.6 Å². The van der Waals surface area contributed by atoms with E-state index in [1.54, 1.807) is 38.2 Å². The van der Waals surface area contributed by atoms with Crippen molar-refractivity contribution < 1.29 is 8.42 Å². The van der Waals surface area contributed by atoms with Crippen LogP contribution in [0.3, 0.4) is 0 Å². The van der Waals surface area contributed by atoms with Gasteiger partial charge in [0.2, 0.25) is 0 Å². The molecular formula is C12H15ClN4O2S. The summed E-state index contributed by atoms with van der Waals surface area (Å²) in [4.78, 5) is 0.159. The van der Waals surface area contributed by atoms with E-state index in [0.717, 1.165) is 0 Å². The highest BCUT2D eigenvalue weighted by Crippen LogP contribution is 2.23. The fourth-order valence-corrected chi connectivity index (χ4v) is 3.48.